The van der Waals surface area contributed by atoms with Gasteiger partial charge in [0.05, 0.1) is 0 Å². The van der Waals surface area contributed by atoms with E-state index in [1.54, 1.807) is 0 Å². The molecule has 0 aromatic heterocycles. The van der Waals surface area contributed by atoms with Crippen molar-refractivity contribution >= 4 is 5.97 Å². The molecule has 0 rings (SSSR count). The molecule has 2 heteroatoms. The van der Waals surface area contributed by atoms with Crippen molar-refractivity contribution in [2.24, 2.45) is 0 Å². The smallest absolute Gasteiger partial charge is 0.302 e. The van der Waals surface area contributed by atoms with E-state index >= 15 is 0 Å². The summed E-state index contributed by atoms with van der Waals surface area (Å²) in [6.07, 6.45) is 14.1. The van der Waals surface area contributed by atoms with Crippen LogP contribution in [0.1, 0.15) is 84.5 Å². The average Bonchev–Trinajstić information content (AvgIpc) is 2.30. The highest BCUT2D eigenvalue weighted by Gasteiger charge is 2.04. The maximum absolute atomic E-state index is 10.7. The average molecular weight is 255 g/mol. The SMILES string of the molecule is [CH2]C(CCCCCCCCCCCC)OC(C)=O. The molecule has 0 heterocycles. The zero-order chi connectivity index (χ0) is 13.6. The number of esters is 1. The van der Waals surface area contributed by atoms with Crippen molar-refractivity contribution in [1.29, 1.82) is 0 Å². The van der Waals surface area contributed by atoms with Gasteiger partial charge in [-0.25, -0.2) is 0 Å². The van der Waals surface area contributed by atoms with E-state index in [0.29, 0.717) is 0 Å². The van der Waals surface area contributed by atoms with Crippen LogP contribution in [0.5, 0.6) is 0 Å². The Morgan fingerprint density at radius 1 is 0.944 bits per heavy atom. The predicted octanol–water partition coefficient (Wildman–Crippen LogP) is 5.06. The minimum absolute atomic E-state index is 0.156. The molecule has 0 bridgehead atoms. The number of carbonyl (C=O) groups excluding carboxylic acids is 1. The van der Waals surface area contributed by atoms with Crippen LogP contribution in [0.3, 0.4) is 0 Å². The first-order valence-corrected chi connectivity index (χ1v) is 7.67. The van der Waals surface area contributed by atoms with Gasteiger partial charge >= 0.3 is 5.97 Å². The summed E-state index contributed by atoms with van der Waals surface area (Å²) in [5, 5.41) is 0. The first-order valence-electron chi connectivity index (χ1n) is 7.67. The van der Waals surface area contributed by atoms with E-state index in [4.69, 9.17) is 4.74 Å². The van der Waals surface area contributed by atoms with Crippen LogP contribution < -0.4 is 0 Å². The van der Waals surface area contributed by atoms with E-state index in [0.717, 1.165) is 12.8 Å². The molecule has 0 amide bonds. The molecule has 0 aliphatic heterocycles. The molecule has 0 spiro atoms. The van der Waals surface area contributed by atoms with Crippen LogP contribution in [-0.4, -0.2) is 12.1 Å². The summed E-state index contributed by atoms with van der Waals surface area (Å²) in [4.78, 5) is 10.7. The Morgan fingerprint density at radius 2 is 1.39 bits per heavy atom. The first kappa shape index (κ1) is 17.5. The number of rotatable bonds is 12. The summed E-state index contributed by atoms with van der Waals surface area (Å²) in [6, 6.07) is 0. The summed E-state index contributed by atoms with van der Waals surface area (Å²) in [5.74, 6) is -0.220. The van der Waals surface area contributed by atoms with Gasteiger partial charge < -0.3 is 4.74 Å². The second-order valence-corrected chi connectivity index (χ2v) is 5.20. The van der Waals surface area contributed by atoms with E-state index in [-0.39, 0.29) is 12.1 Å². The van der Waals surface area contributed by atoms with Crippen molar-refractivity contribution < 1.29 is 9.53 Å². The minimum Gasteiger partial charge on any atom is -0.463 e. The summed E-state index contributed by atoms with van der Waals surface area (Å²) < 4.78 is 4.98. The lowest BCUT2D eigenvalue weighted by atomic mass is 10.0. The van der Waals surface area contributed by atoms with Crippen molar-refractivity contribution in [3.05, 3.63) is 6.92 Å². The number of hydrogen-bond donors (Lipinski definition) is 0. The summed E-state index contributed by atoms with van der Waals surface area (Å²) in [5.41, 5.74) is 0. The van der Waals surface area contributed by atoms with Gasteiger partial charge in [-0.2, -0.15) is 0 Å². The number of unbranched alkanes of at least 4 members (excludes halogenated alkanes) is 9. The molecule has 1 atom stereocenters. The molecule has 0 aliphatic rings. The highest BCUT2D eigenvalue weighted by molar-refractivity contribution is 5.66. The molecule has 0 fully saturated rings. The fourth-order valence-electron chi connectivity index (χ4n) is 2.15. The van der Waals surface area contributed by atoms with Crippen molar-refractivity contribution in [3.8, 4) is 0 Å². The van der Waals surface area contributed by atoms with Crippen LogP contribution in [-0.2, 0) is 9.53 Å². The Morgan fingerprint density at radius 3 is 1.83 bits per heavy atom. The quantitative estimate of drug-likeness (QED) is 0.360. The van der Waals surface area contributed by atoms with Gasteiger partial charge in [0, 0.05) is 6.92 Å². The number of hydrogen-bond acceptors (Lipinski definition) is 2. The zero-order valence-corrected chi connectivity index (χ0v) is 12.4. The topological polar surface area (TPSA) is 26.3 Å². The molecule has 0 saturated heterocycles. The molecule has 18 heavy (non-hydrogen) atoms. The summed E-state index contributed by atoms with van der Waals surface area (Å²) in [6.45, 7) is 7.51. The molecular formula is C16H31O2. The first-order chi connectivity index (χ1) is 8.66. The molecule has 107 valence electrons. The fraction of sp³-hybridized carbons (Fsp3) is 0.875. The number of ether oxygens (including phenoxy) is 1. The van der Waals surface area contributed by atoms with Gasteiger partial charge in [0.1, 0.15) is 6.10 Å². The van der Waals surface area contributed by atoms with Gasteiger partial charge in [0.2, 0.25) is 0 Å². The van der Waals surface area contributed by atoms with Crippen LogP contribution in [0.4, 0.5) is 0 Å². The monoisotopic (exact) mass is 255 g/mol. The zero-order valence-electron chi connectivity index (χ0n) is 12.4. The van der Waals surface area contributed by atoms with Gasteiger partial charge in [-0.15, -0.1) is 0 Å². The normalized spacial score (nSPS) is 12.4. The van der Waals surface area contributed by atoms with E-state index in [1.165, 1.54) is 64.7 Å². The maximum atomic E-state index is 10.7. The van der Waals surface area contributed by atoms with Gasteiger partial charge in [-0.1, -0.05) is 64.7 Å². The van der Waals surface area contributed by atoms with Crippen LogP contribution >= 0.6 is 0 Å². The van der Waals surface area contributed by atoms with Gasteiger partial charge in [-0.05, 0) is 19.8 Å². The lowest BCUT2D eigenvalue weighted by molar-refractivity contribution is -0.144. The lowest BCUT2D eigenvalue weighted by Crippen LogP contribution is -2.12. The Labute approximate surface area is 113 Å². The van der Waals surface area contributed by atoms with E-state index < -0.39 is 0 Å². The Balaban J connectivity index is 3.09. The molecule has 0 aromatic rings. The highest BCUT2D eigenvalue weighted by atomic mass is 16.5. The minimum atomic E-state index is -0.220. The highest BCUT2D eigenvalue weighted by Crippen LogP contribution is 2.12. The Bertz CT molecular complexity index is 190. The largest absolute Gasteiger partial charge is 0.463 e. The van der Waals surface area contributed by atoms with Gasteiger partial charge in [0.25, 0.3) is 0 Å². The number of carbonyl (C=O) groups is 1. The summed E-state index contributed by atoms with van der Waals surface area (Å²) in [7, 11) is 0. The van der Waals surface area contributed by atoms with E-state index in [9.17, 15) is 4.79 Å². The Hall–Kier alpha value is -0.530. The molecular weight excluding hydrogens is 224 g/mol. The second kappa shape index (κ2) is 12.9. The molecule has 0 N–H and O–H groups in total. The molecule has 0 saturated carbocycles. The maximum Gasteiger partial charge on any atom is 0.302 e. The van der Waals surface area contributed by atoms with Crippen molar-refractivity contribution in [2.45, 2.75) is 90.6 Å². The van der Waals surface area contributed by atoms with Crippen molar-refractivity contribution in [3.63, 3.8) is 0 Å². The molecule has 0 aliphatic carbocycles. The van der Waals surface area contributed by atoms with Crippen LogP contribution in [0, 0.1) is 6.92 Å². The predicted molar refractivity (Wildman–Crippen MR) is 77.4 cm³/mol. The summed E-state index contributed by atoms with van der Waals surface area (Å²) >= 11 is 0. The van der Waals surface area contributed by atoms with Crippen LogP contribution in [0.25, 0.3) is 0 Å². The second-order valence-electron chi connectivity index (χ2n) is 5.20. The third kappa shape index (κ3) is 13.5. The molecule has 2 nitrogen and oxygen atoms in total. The van der Waals surface area contributed by atoms with Crippen LogP contribution in [0.15, 0.2) is 0 Å². The lowest BCUT2D eigenvalue weighted by Gasteiger charge is -2.10. The third-order valence-electron chi connectivity index (χ3n) is 3.21. The molecule has 1 unspecified atom stereocenters. The standard InChI is InChI=1S/C16H31O2/c1-4-5-6-7-8-9-10-11-12-13-14-15(2)18-16(3)17/h15H,2,4-14H2,1,3H3. The Kier molecular flexibility index (Phi) is 12.5. The van der Waals surface area contributed by atoms with Crippen LogP contribution in [0.2, 0.25) is 0 Å². The van der Waals surface area contributed by atoms with Crippen molar-refractivity contribution in [1.82, 2.24) is 0 Å². The van der Waals surface area contributed by atoms with E-state index in [2.05, 4.69) is 13.8 Å². The molecule has 1 radical (unpaired) electrons. The van der Waals surface area contributed by atoms with Crippen molar-refractivity contribution in [2.75, 3.05) is 0 Å². The van der Waals surface area contributed by atoms with Gasteiger partial charge in [0.15, 0.2) is 0 Å². The van der Waals surface area contributed by atoms with Gasteiger partial charge in [-0.3, -0.25) is 4.79 Å². The molecule has 0 aromatic carbocycles. The fourth-order valence-corrected chi connectivity index (χ4v) is 2.15. The van der Waals surface area contributed by atoms with E-state index in [1.807, 2.05) is 0 Å². The third-order valence-corrected chi connectivity index (χ3v) is 3.21.